The smallest absolute Gasteiger partial charge is 0.344 e. The van der Waals surface area contributed by atoms with Crippen molar-refractivity contribution in [3.05, 3.63) is 0 Å². The molecule has 0 fully saturated rings. The van der Waals surface area contributed by atoms with E-state index < -0.39 is 30.1 Å². The molecule has 7 heteroatoms. The van der Waals surface area contributed by atoms with E-state index in [1.807, 2.05) is 0 Å². The van der Waals surface area contributed by atoms with E-state index in [0.29, 0.717) is 12.8 Å². The van der Waals surface area contributed by atoms with E-state index in [9.17, 15) is 19.2 Å². The Bertz CT molecular complexity index is 407. The van der Waals surface area contributed by atoms with Gasteiger partial charge in [-0.3, -0.25) is 14.4 Å². The van der Waals surface area contributed by atoms with Crippen LogP contribution in [0.3, 0.4) is 0 Å². The zero-order valence-electron chi connectivity index (χ0n) is 13.6. The van der Waals surface area contributed by atoms with Gasteiger partial charge in [-0.1, -0.05) is 0 Å². The minimum atomic E-state index is -0.621. The fourth-order valence-corrected chi connectivity index (χ4v) is 1.38. The molecule has 0 unspecified atom stereocenters. The van der Waals surface area contributed by atoms with Crippen molar-refractivity contribution in [2.75, 3.05) is 13.2 Å². The zero-order valence-corrected chi connectivity index (χ0v) is 13.6. The van der Waals surface area contributed by atoms with Crippen LogP contribution in [0.2, 0.25) is 0 Å². The van der Waals surface area contributed by atoms with Gasteiger partial charge in [-0.25, -0.2) is 4.79 Å². The maximum absolute atomic E-state index is 11.4. The molecule has 0 aliphatic heterocycles. The first-order valence-electron chi connectivity index (χ1n) is 7.12. The Hall–Kier alpha value is -1.92. The van der Waals surface area contributed by atoms with Gasteiger partial charge < -0.3 is 14.2 Å². The Kier molecular flexibility index (Phi) is 9.05. The number of rotatable bonds is 9. The quantitative estimate of drug-likeness (QED) is 0.362. The molecule has 0 heterocycles. The lowest BCUT2D eigenvalue weighted by Crippen LogP contribution is -2.27. The van der Waals surface area contributed by atoms with Gasteiger partial charge in [-0.2, -0.15) is 0 Å². The summed E-state index contributed by atoms with van der Waals surface area (Å²) in [4.78, 5) is 44.5. The molecule has 0 aliphatic carbocycles. The van der Waals surface area contributed by atoms with Gasteiger partial charge in [0, 0.05) is 12.8 Å². The summed E-state index contributed by atoms with van der Waals surface area (Å²) in [5.74, 6) is -1.83. The third kappa shape index (κ3) is 13.1. The monoisotopic (exact) mass is 316 g/mol. The van der Waals surface area contributed by atoms with Crippen molar-refractivity contribution in [1.29, 1.82) is 0 Å². The van der Waals surface area contributed by atoms with Crippen LogP contribution in [-0.2, 0) is 33.4 Å². The van der Waals surface area contributed by atoms with Crippen LogP contribution in [0.15, 0.2) is 0 Å². The van der Waals surface area contributed by atoms with Crippen LogP contribution < -0.4 is 0 Å². The van der Waals surface area contributed by atoms with E-state index in [1.54, 1.807) is 20.8 Å². The Labute approximate surface area is 130 Å². The molecule has 0 saturated heterocycles. The van der Waals surface area contributed by atoms with E-state index in [2.05, 4.69) is 4.74 Å². The molecule has 0 bridgehead atoms. The van der Waals surface area contributed by atoms with Gasteiger partial charge in [0.15, 0.2) is 12.4 Å². The summed E-state index contributed by atoms with van der Waals surface area (Å²) in [5, 5.41) is 0. The van der Waals surface area contributed by atoms with Crippen LogP contribution in [-0.4, -0.2) is 42.5 Å². The minimum absolute atomic E-state index is 0.1000. The summed E-state index contributed by atoms with van der Waals surface area (Å²) < 4.78 is 14.4. The molecule has 0 aromatic heterocycles. The summed E-state index contributed by atoms with van der Waals surface area (Å²) in [6, 6.07) is 0. The molecule has 126 valence electrons. The molecule has 22 heavy (non-hydrogen) atoms. The van der Waals surface area contributed by atoms with Crippen LogP contribution >= 0.6 is 0 Å². The second-order valence-electron chi connectivity index (χ2n) is 5.82. The topological polar surface area (TPSA) is 96.0 Å². The fourth-order valence-electron chi connectivity index (χ4n) is 1.38. The summed E-state index contributed by atoms with van der Waals surface area (Å²) in [6.07, 6.45) is 1.11. The van der Waals surface area contributed by atoms with E-state index in [0.717, 1.165) is 0 Å². The lowest BCUT2D eigenvalue weighted by molar-refractivity contribution is -0.166. The normalized spacial score (nSPS) is 10.7. The van der Waals surface area contributed by atoms with Crippen molar-refractivity contribution >= 4 is 23.7 Å². The fraction of sp³-hybridized carbons (Fsp3) is 0.733. The molecule has 7 nitrogen and oxygen atoms in total. The van der Waals surface area contributed by atoms with E-state index >= 15 is 0 Å². The summed E-state index contributed by atoms with van der Waals surface area (Å²) in [7, 11) is 0. The molecule has 0 saturated carbocycles. The van der Waals surface area contributed by atoms with Gasteiger partial charge >= 0.3 is 17.9 Å². The third-order valence-corrected chi connectivity index (χ3v) is 2.22. The maximum atomic E-state index is 11.4. The molecule has 0 N–H and O–H groups in total. The lowest BCUT2D eigenvalue weighted by atomic mass is 10.2. The number of hydrogen-bond acceptors (Lipinski definition) is 7. The largest absolute Gasteiger partial charge is 0.458 e. The molecular formula is C15H24O7. The van der Waals surface area contributed by atoms with Crippen molar-refractivity contribution in [3.63, 3.8) is 0 Å². The first-order chi connectivity index (χ1) is 10.1. The van der Waals surface area contributed by atoms with E-state index in [1.165, 1.54) is 6.92 Å². The number of Topliss-reactive ketones (excluding diaryl/α,β-unsaturated/α-hetero) is 1. The predicted octanol–water partition coefficient (Wildman–Crippen LogP) is 1.56. The first-order valence-corrected chi connectivity index (χ1v) is 7.12. The predicted molar refractivity (Wildman–Crippen MR) is 76.9 cm³/mol. The number of ether oxygens (including phenoxy) is 3. The highest BCUT2D eigenvalue weighted by atomic mass is 16.6. The van der Waals surface area contributed by atoms with Gasteiger partial charge in [-0.15, -0.1) is 0 Å². The average molecular weight is 316 g/mol. The minimum Gasteiger partial charge on any atom is -0.458 e. The van der Waals surface area contributed by atoms with Crippen LogP contribution in [0.5, 0.6) is 0 Å². The van der Waals surface area contributed by atoms with Gasteiger partial charge in [0.1, 0.15) is 12.2 Å². The molecule has 0 aliphatic rings. The van der Waals surface area contributed by atoms with Crippen molar-refractivity contribution in [1.82, 2.24) is 0 Å². The van der Waals surface area contributed by atoms with Gasteiger partial charge in [0.2, 0.25) is 0 Å². The number of hydrogen-bond donors (Lipinski definition) is 0. The number of esters is 3. The summed E-state index contributed by atoms with van der Waals surface area (Å²) in [6.45, 7) is 5.84. The average Bonchev–Trinajstić information content (AvgIpc) is 2.37. The molecular weight excluding hydrogens is 292 g/mol. The first kappa shape index (κ1) is 20.1. The standard InChI is InChI=1S/C15H24O7/c1-11(16)9-20-12(17)7-5-6-8-13(18)21-10-14(19)22-15(2,3)4/h5-10H2,1-4H3. The SMILES string of the molecule is CC(=O)COC(=O)CCCCC(=O)OCC(=O)OC(C)(C)C. The number of carbonyl (C=O) groups is 4. The van der Waals surface area contributed by atoms with Gasteiger partial charge in [0.25, 0.3) is 0 Å². The molecule has 0 aromatic carbocycles. The van der Waals surface area contributed by atoms with E-state index in [4.69, 9.17) is 9.47 Å². The highest BCUT2D eigenvalue weighted by Gasteiger charge is 2.17. The summed E-state index contributed by atoms with van der Waals surface area (Å²) in [5.41, 5.74) is -0.621. The van der Waals surface area contributed by atoms with Crippen molar-refractivity contribution < 1.29 is 33.4 Å². The van der Waals surface area contributed by atoms with Crippen molar-refractivity contribution in [2.45, 2.75) is 59.0 Å². The molecule has 0 amide bonds. The highest BCUT2D eigenvalue weighted by molar-refractivity contribution is 5.80. The zero-order chi connectivity index (χ0) is 17.2. The molecule has 0 rings (SSSR count). The third-order valence-electron chi connectivity index (χ3n) is 2.22. The van der Waals surface area contributed by atoms with Crippen LogP contribution in [0.25, 0.3) is 0 Å². The van der Waals surface area contributed by atoms with Crippen LogP contribution in [0, 0.1) is 0 Å². The number of carbonyl (C=O) groups excluding carboxylic acids is 4. The van der Waals surface area contributed by atoms with Crippen molar-refractivity contribution in [3.8, 4) is 0 Å². The Morgan fingerprint density at radius 2 is 1.23 bits per heavy atom. The summed E-state index contributed by atoms with van der Waals surface area (Å²) >= 11 is 0. The van der Waals surface area contributed by atoms with Gasteiger partial charge in [0.05, 0.1) is 0 Å². The van der Waals surface area contributed by atoms with Crippen LogP contribution in [0.4, 0.5) is 0 Å². The maximum Gasteiger partial charge on any atom is 0.344 e. The molecule has 0 aromatic rings. The highest BCUT2D eigenvalue weighted by Crippen LogP contribution is 2.07. The second kappa shape index (κ2) is 9.92. The van der Waals surface area contributed by atoms with Crippen molar-refractivity contribution in [2.24, 2.45) is 0 Å². The molecule has 0 spiro atoms. The number of ketones is 1. The van der Waals surface area contributed by atoms with Crippen LogP contribution in [0.1, 0.15) is 53.4 Å². The second-order valence-corrected chi connectivity index (χ2v) is 5.82. The molecule has 0 radical (unpaired) electrons. The molecule has 0 atom stereocenters. The van der Waals surface area contributed by atoms with Gasteiger partial charge in [-0.05, 0) is 40.5 Å². The number of unbranched alkanes of at least 4 members (excludes halogenated alkanes) is 1. The Balaban J connectivity index is 3.68. The Morgan fingerprint density at radius 1 is 0.773 bits per heavy atom. The lowest BCUT2D eigenvalue weighted by Gasteiger charge is -2.19. The van der Waals surface area contributed by atoms with E-state index in [-0.39, 0.29) is 25.2 Å². The Morgan fingerprint density at radius 3 is 1.64 bits per heavy atom.